The second-order valence-corrected chi connectivity index (χ2v) is 7.26. The lowest BCUT2D eigenvalue weighted by Crippen LogP contribution is -1.98. The van der Waals surface area contributed by atoms with Crippen LogP contribution in [0.1, 0.15) is 22.4 Å². The molecule has 0 aliphatic rings. The molecule has 0 radical (unpaired) electrons. The Labute approximate surface area is 192 Å². The predicted octanol–water partition coefficient (Wildman–Crippen LogP) is 5.64. The first kappa shape index (κ1) is 21.8. The van der Waals surface area contributed by atoms with Crippen molar-refractivity contribution in [1.82, 2.24) is 9.78 Å². The van der Waals surface area contributed by atoms with Crippen LogP contribution in [0.5, 0.6) is 23.0 Å². The van der Waals surface area contributed by atoms with Gasteiger partial charge in [0.2, 0.25) is 0 Å². The Kier molecular flexibility index (Phi) is 6.45. The van der Waals surface area contributed by atoms with Crippen LogP contribution < -0.4 is 9.47 Å². The van der Waals surface area contributed by atoms with Crippen LogP contribution in [-0.2, 0) is 0 Å². The largest absolute Gasteiger partial charge is 0.504 e. The van der Waals surface area contributed by atoms with Crippen molar-refractivity contribution in [2.45, 2.75) is 0 Å². The molecule has 1 aromatic heterocycles. The predicted molar refractivity (Wildman–Crippen MR) is 131 cm³/mol. The van der Waals surface area contributed by atoms with Gasteiger partial charge in [-0.25, -0.2) is 4.68 Å². The molecule has 0 amide bonds. The van der Waals surface area contributed by atoms with Crippen LogP contribution in [0, 0.1) is 0 Å². The molecule has 6 heteroatoms. The fraction of sp³-hybridized carbons (Fsp3) is 0.0741. The molecule has 3 aromatic carbocycles. The lowest BCUT2D eigenvalue weighted by Gasteiger charge is -2.06. The molecule has 0 atom stereocenters. The van der Waals surface area contributed by atoms with Crippen molar-refractivity contribution >= 4 is 24.3 Å². The smallest absolute Gasteiger partial charge is 0.161 e. The zero-order valence-electron chi connectivity index (χ0n) is 18.3. The number of phenols is 2. The minimum absolute atomic E-state index is 0.0944. The van der Waals surface area contributed by atoms with E-state index in [1.165, 1.54) is 14.2 Å². The van der Waals surface area contributed by atoms with Crippen LogP contribution in [0.2, 0.25) is 0 Å². The SMILES string of the molecule is COc1cc(/C=C/c2cnn(-c3ccccc3)c2/C=C/c2ccc(O)c(OC)c2)ccc1O. The molecule has 4 aromatic rings. The number of nitrogens with zero attached hydrogens (tertiary/aromatic N) is 2. The average Bonchev–Trinajstić information content (AvgIpc) is 3.26. The highest BCUT2D eigenvalue weighted by molar-refractivity contribution is 5.79. The molecular formula is C27H24N2O4. The topological polar surface area (TPSA) is 76.7 Å². The van der Waals surface area contributed by atoms with Gasteiger partial charge in [0.15, 0.2) is 23.0 Å². The summed E-state index contributed by atoms with van der Waals surface area (Å²) in [5, 5.41) is 24.3. The number of rotatable bonds is 7. The molecule has 0 fully saturated rings. The van der Waals surface area contributed by atoms with Gasteiger partial charge in [-0.1, -0.05) is 48.6 Å². The molecule has 2 N–H and O–H groups in total. The average molecular weight is 440 g/mol. The van der Waals surface area contributed by atoms with Gasteiger partial charge in [0.05, 0.1) is 31.8 Å². The number of benzene rings is 3. The van der Waals surface area contributed by atoms with E-state index in [1.54, 1.807) is 30.5 Å². The lowest BCUT2D eigenvalue weighted by molar-refractivity contribution is 0.373. The summed E-state index contributed by atoms with van der Waals surface area (Å²) in [4.78, 5) is 0. The van der Waals surface area contributed by atoms with Gasteiger partial charge < -0.3 is 19.7 Å². The summed E-state index contributed by atoms with van der Waals surface area (Å²) in [5.74, 6) is 1.02. The summed E-state index contributed by atoms with van der Waals surface area (Å²) in [6, 6.07) is 20.3. The van der Waals surface area contributed by atoms with Crippen LogP contribution in [0.25, 0.3) is 30.0 Å². The third kappa shape index (κ3) is 4.91. The van der Waals surface area contributed by atoms with Crippen molar-refractivity contribution in [3.05, 3.63) is 95.3 Å². The van der Waals surface area contributed by atoms with E-state index in [0.29, 0.717) is 11.5 Å². The van der Waals surface area contributed by atoms with E-state index in [9.17, 15) is 10.2 Å². The van der Waals surface area contributed by atoms with Crippen molar-refractivity contribution in [3.8, 4) is 28.7 Å². The minimum atomic E-state index is 0.0944. The van der Waals surface area contributed by atoms with Crippen molar-refractivity contribution in [3.63, 3.8) is 0 Å². The van der Waals surface area contributed by atoms with Gasteiger partial charge in [-0.2, -0.15) is 5.10 Å². The van der Waals surface area contributed by atoms with E-state index >= 15 is 0 Å². The van der Waals surface area contributed by atoms with Gasteiger partial charge >= 0.3 is 0 Å². The van der Waals surface area contributed by atoms with Gasteiger partial charge in [-0.05, 0) is 53.6 Å². The van der Waals surface area contributed by atoms with Crippen molar-refractivity contribution in [1.29, 1.82) is 0 Å². The summed E-state index contributed by atoms with van der Waals surface area (Å²) < 4.78 is 12.3. The van der Waals surface area contributed by atoms with Crippen LogP contribution in [0.4, 0.5) is 0 Å². The maximum atomic E-state index is 9.86. The Bertz CT molecular complexity index is 1310. The number of para-hydroxylation sites is 1. The van der Waals surface area contributed by atoms with E-state index in [1.807, 2.05) is 71.5 Å². The summed E-state index contributed by atoms with van der Waals surface area (Å²) in [6.07, 6.45) is 9.63. The minimum Gasteiger partial charge on any atom is -0.504 e. The molecule has 33 heavy (non-hydrogen) atoms. The molecule has 0 aliphatic heterocycles. The van der Waals surface area contributed by atoms with Gasteiger partial charge in [0.25, 0.3) is 0 Å². The maximum absolute atomic E-state index is 9.86. The number of ether oxygens (including phenoxy) is 2. The second-order valence-electron chi connectivity index (χ2n) is 7.26. The van der Waals surface area contributed by atoms with Gasteiger partial charge in [-0.3, -0.25) is 0 Å². The van der Waals surface area contributed by atoms with Crippen molar-refractivity contribution in [2.75, 3.05) is 14.2 Å². The Balaban J connectivity index is 1.73. The first-order valence-electron chi connectivity index (χ1n) is 10.3. The first-order chi connectivity index (χ1) is 16.1. The quantitative estimate of drug-likeness (QED) is 0.389. The summed E-state index contributed by atoms with van der Waals surface area (Å²) in [7, 11) is 3.04. The Hall–Kier alpha value is -4.45. The van der Waals surface area contributed by atoms with Crippen LogP contribution in [-0.4, -0.2) is 34.2 Å². The zero-order valence-corrected chi connectivity index (χ0v) is 18.3. The molecule has 1 heterocycles. The van der Waals surface area contributed by atoms with Crippen LogP contribution in [0.3, 0.4) is 0 Å². The standard InChI is InChI=1S/C27H24N2O4/c1-32-26-16-19(10-14-24(26)30)8-12-21-18-28-29(22-6-4-3-5-7-22)23(21)13-9-20-11-15-25(31)27(17-20)33-2/h3-18,30-31H,1-2H3/b12-8+,13-9+. The number of hydrogen-bond donors (Lipinski definition) is 2. The third-order valence-electron chi connectivity index (χ3n) is 5.13. The van der Waals surface area contributed by atoms with Gasteiger partial charge in [-0.15, -0.1) is 0 Å². The van der Waals surface area contributed by atoms with Crippen molar-refractivity contribution < 1.29 is 19.7 Å². The Morgan fingerprint density at radius 3 is 1.88 bits per heavy atom. The van der Waals surface area contributed by atoms with Crippen LogP contribution in [0.15, 0.2) is 72.9 Å². The normalized spacial score (nSPS) is 11.3. The molecule has 0 aliphatic carbocycles. The molecule has 0 saturated heterocycles. The Morgan fingerprint density at radius 2 is 1.30 bits per heavy atom. The zero-order chi connectivity index (χ0) is 23.2. The molecule has 6 nitrogen and oxygen atoms in total. The molecule has 0 bridgehead atoms. The van der Waals surface area contributed by atoms with Crippen molar-refractivity contribution in [2.24, 2.45) is 0 Å². The number of aromatic nitrogens is 2. The lowest BCUT2D eigenvalue weighted by atomic mass is 10.1. The van der Waals surface area contributed by atoms with Crippen LogP contribution >= 0.6 is 0 Å². The Morgan fingerprint density at radius 1 is 0.727 bits per heavy atom. The monoisotopic (exact) mass is 440 g/mol. The first-order valence-corrected chi connectivity index (χ1v) is 10.3. The molecular weight excluding hydrogens is 416 g/mol. The maximum Gasteiger partial charge on any atom is 0.161 e. The number of aromatic hydroxyl groups is 2. The van der Waals surface area contributed by atoms with E-state index < -0.39 is 0 Å². The summed E-state index contributed by atoms with van der Waals surface area (Å²) >= 11 is 0. The van der Waals surface area contributed by atoms with E-state index in [2.05, 4.69) is 5.10 Å². The summed E-state index contributed by atoms with van der Waals surface area (Å²) in [5.41, 5.74) is 4.49. The highest BCUT2D eigenvalue weighted by atomic mass is 16.5. The molecule has 0 spiro atoms. The van der Waals surface area contributed by atoms with Gasteiger partial charge in [0, 0.05) is 5.56 Å². The number of hydrogen-bond acceptors (Lipinski definition) is 5. The molecule has 0 saturated carbocycles. The van der Waals surface area contributed by atoms with Gasteiger partial charge in [0.1, 0.15) is 0 Å². The third-order valence-corrected chi connectivity index (χ3v) is 5.13. The highest BCUT2D eigenvalue weighted by Crippen LogP contribution is 2.29. The highest BCUT2D eigenvalue weighted by Gasteiger charge is 2.09. The fourth-order valence-corrected chi connectivity index (χ4v) is 3.40. The van der Waals surface area contributed by atoms with E-state index in [0.717, 1.165) is 28.1 Å². The second kappa shape index (κ2) is 9.78. The molecule has 0 unspecified atom stereocenters. The van der Waals surface area contributed by atoms with E-state index in [4.69, 9.17) is 9.47 Å². The molecule has 166 valence electrons. The number of phenolic OH excluding ortho intramolecular Hbond substituents is 2. The number of methoxy groups -OCH3 is 2. The fourth-order valence-electron chi connectivity index (χ4n) is 3.40. The summed E-state index contributed by atoms with van der Waals surface area (Å²) in [6.45, 7) is 0. The molecule has 4 rings (SSSR count). The van der Waals surface area contributed by atoms with E-state index in [-0.39, 0.29) is 11.5 Å².